The van der Waals surface area contributed by atoms with E-state index in [-0.39, 0.29) is 6.10 Å². The quantitative estimate of drug-likeness (QED) is 0.641. The summed E-state index contributed by atoms with van der Waals surface area (Å²) in [6.45, 7) is 0. The number of rotatable bonds is 0. The minimum absolute atomic E-state index is 0.159. The molecular formula is C7H11IO. The van der Waals surface area contributed by atoms with E-state index in [0.29, 0.717) is 0 Å². The molecule has 0 radical (unpaired) electrons. The maximum atomic E-state index is 9.28. The van der Waals surface area contributed by atoms with E-state index >= 15 is 0 Å². The number of hydrogen-bond acceptors (Lipinski definition) is 1. The molecule has 0 aliphatic heterocycles. The van der Waals surface area contributed by atoms with Gasteiger partial charge in [0.15, 0.2) is 0 Å². The second-order valence-electron chi connectivity index (χ2n) is 2.39. The third kappa shape index (κ3) is 2.26. The topological polar surface area (TPSA) is 20.2 Å². The van der Waals surface area contributed by atoms with Gasteiger partial charge in [0.25, 0.3) is 0 Å². The van der Waals surface area contributed by atoms with Crippen LogP contribution in [0.3, 0.4) is 0 Å². The van der Waals surface area contributed by atoms with E-state index in [0.717, 1.165) is 16.4 Å². The fraction of sp³-hybridized carbons (Fsp3) is 0.714. The first kappa shape index (κ1) is 7.54. The fourth-order valence-corrected chi connectivity index (χ4v) is 1.62. The molecule has 1 nitrogen and oxygen atoms in total. The molecule has 1 N–H and O–H groups in total. The highest BCUT2D eigenvalue weighted by Crippen LogP contribution is 2.22. The summed E-state index contributed by atoms with van der Waals surface area (Å²) in [5.74, 6) is 0. The van der Waals surface area contributed by atoms with Gasteiger partial charge in [0.05, 0.1) is 6.10 Å². The Hall–Kier alpha value is 0.430. The van der Waals surface area contributed by atoms with E-state index in [2.05, 4.69) is 28.7 Å². The smallest absolute Gasteiger partial charge is 0.0843 e. The van der Waals surface area contributed by atoms with Crippen LogP contribution < -0.4 is 0 Å². The molecule has 52 valence electrons. The van der Waals surface area contributed by atoms with Crippen molar-refractivity contribution >= 4 is 22.6 Å². The van der Waals surface area contributed by atoms with E-state index in [1.807, 2.05) is 0 Å². The molecule has 0 fully saturated rings. The van der Waals surface area contributed by atoms with Gasteiger partial charge in [-0.1, -0.05) is 12.5 Å². The van der Waals surface area contributed by atoms with Crippen LogP contribution in [0.4, 0.5) is 0 Å². The van der Waals surface area contributed by atoms with Gasteiger partial charge in [-0.15, -0.1) is 0 Å². The van der Waals surface area contributed by atoms with Gasteiger partial charge in [-0.25, -0.2) is 0 Å². The first-order valence-corrected chi connectivity index (χ1v) is 4.42. The van der Waals surface area contributed by atoms with Gasteiger partial charge in [0.1, 0.15) is 0 Å². The zero-order valence-corrected chi connectivity index (χ0v) is 7.47. The molecule has 0 aromatic heterocycles. The average molecular weight is 238 g/mol. The molecule has 1 atom stereocenters. The molecule has 0 heterocycles. The summed E-state index contributed by atoms with van der Waals surface area (Å²) in [5.41, 5.74) is 0. The minimum Gasteiger partial charge on any atom is -0.388 e. The number of aliphatic hydroxyl groups is 1. The molecule has 0 saturated carbocycles. The maximum Gasteiger partial charge on any atom is 0.0843 e. The number of allylic oxidation sites excluding steroid dienone is 1. The van der Waals surface area contributed by atoms with Crippen LogP contribution >= 0.6 is 22.6 Å². The molecule has 0 unspecified atom stereocenters. The Balaban J connectivity index is 2.51. The number of halogens is 1. The van der Waals surface area contributed by atoms with Crippen molar-refractivity contribution in [2.45, 2.75) is 31.8 Å². The predicted molar refractivity (Wildman–Crippen MR) is 46.6 cm³/mol. The second kappa shape index (κ2) is 3.56. The lowest BCUT2D eigenvalue weighted by Crippen LogP contribution is -2.03. The van der Waals surface area contributed by atoms with Crippen molar-refractivity contribution in [2.75, 3.05) is 0 Å². The average Bonchev–Trinajstić information content (AvgIpc) is 1.99. The summed E-state index contributed by atoms with van der Waals surface area (Å²) < 4.78 is 1.13. The van der Waals surface area contributed by atoms with Crippen molar-refractivity contribution in [1.29, 1.82) is 0 Å². The van der Waals surface area contributed by atoms with Crippen LogP contribution in [0, 0.1) is 0 Å². The molecule has 0 bridgehead atoms. The minimum atomic E-state index is -0.159. The Morgan fingerprint density at radius 3 is 3.11 bits per heavy atom. The molecular weight excluding hydrogens is 227 g/mol. The molecule has 1 aliphatic rings. The lowest BCUT2D eigenvalue weighted by Gasteiger charge is -2.04. The van der Waals surface area contributed by atoms with Crippen molar-refractivity contribution in [3.63, 3.8) is 0 Å². The van der Waals surface area contributed by atoms with Gasteiger partial charge in [-0.2, -0.15) is 0 Å². The highest BCUT2D eigenvalue weighted by atomic mass is 127. The molecule has 0 aromatic carbocycles. The van der Waals surface area contributed by atoms with Crippen molar-refractivity contribution in [3.8, 4) is 0 Å². The summed E-state index contributed by atoms with van der Waals surface area (Å²) in [7, 11) is 0. The van der Waals surface area contributed by atoms with Crippen LogP contribution in [0.1, 0.15) is 25.7 Å². The Morgan fingerprint density at radius 2 is 2.33 bits per heavy atom. The van der Waals surface area contributed by atoms with Crippen molar-refractivity contribution in [3.05, 3.63) is 9.66 Å². The van der Waals surface area contributed by atoms with Crippen LogP contribution in [0.5, 0.6) is 0 Å². The van der Waals surface area contributed by atoms with Crippen molar-refractivity contribution < 1.29 is 5.11 Å². The highest BCUT2D eigenvalue weighted by molar-refractivity contribution is 14.1. The first-order valence-electron chi connectivity index (χ1n) is 3.34. The van der Waals surface area contributed by atoms with E-state index in [4.69, 9.17) is 0 Å². The summed E-state index contributed by atoms with van der Waals surface area (Å²) in [6.07, 6.45) is 6.49. The molecule has 1 aliphatic carbocycles. The summed E-state index contributed by atoms with van der Waals surface area (Å²) in [5, 5.41) is 9.28. The highest BCUT2D eigenvalue weighted by Gasteiger charge is 2.09. The number of hydrogen-bond donors (Lipinski definition) is 1. The Labute approximate surface area is 69.3 Å². The third-order valence-electron chi connectivity index (χ3n) is 1.59. The van der Waals surface area contributed by atoms with E-state index in [9.17, 15) is 5.11 Å². The van der Waals surface area contributed by atoms with Crippen molar-refractivity contribution in [2.24, 2.45) is 0 Å². The van der Waals surface area contributed by atoms with Crippen LogP contribution in [-0.2, 0) is 0 Å². The third-order valence-corrected chi connectivity index (χ3v) is 2.75. The van der Waals surface area contributed by atoms with Crippen LogP contribution in [0.15, 0.2) is 9.66 Å². The van der Waals surface area contributed by atoms with Crippen molar-refractivity contribution in [1.82, 2.24) is 0 Å². The molecule has 1 rings (SSSR count). The van der Waals surface area contributed by atoms with Gasteiger partial charge in [0, 0.05) is 3.58 Å². The summed E-state index contributed by atoms with van der Waals surface area (Å²) in [4.78, 5) is 0. The number of aliphatic hydroxyl groups excluding tert-OH is 1. The van der Waals surface area contributed by atoms with E-state index in [1.54, 1.807) is 0 Å². The lowest BCUT2D eigenvalue weighted by atomic mass is 10.2. The van der Waals surface area contributed by atoms with Gasteiger partial charge >= 0.3 is 0 Å². The van der Waals surface area contributed by atoms with Gasteiger partial charge in [-0.3, -0.25) is 0 Å². The normalized spacial score (nSPS) is 29.1. The van der Waals surface area contributed by atoms with E-state index < -0.39 is 0 Å². The Bertz CT molecular complexity index is 120. The van der Waals surface area contributed by atoms with E-state index in [1.165, 1.54) is 12.8 Å². The molecule has 0 amide bonds. The van der Waals surface area contributed by atoms with Gasteiger partial charge in [0.2, 0.25) is 0 Å². The predicted octanol–water partition coefficient (Wildman–Crippen LogP) is 2.24. The molecule has 9 heavy (non-hydrogen) atoms. The molecule has 0 saturated heterocycles. The van der Waals surface area contributed by atoms with Crippen LogP contribution in [0.25, 0.3) is 0 Å². The fourth-order valence-electron chi connectivity index (χ4n) is 0.996. The summed E-state index contributed by atoms with van der Waals surface area (Å²) >= 11 is 2.22. The largest absolute Gasteiger partial charge is 0.388 e. The monoisotopic (exact) mass is 238 g/mol. The lowest BCUT2D eigenvalue weighted by molar-refractivity contribution is 0.209. The zero-order chi connectivity index (χ0) is 6.69. The maximum absolute atomic E-state index is 9.28. The Kier molecular flexibility index (Phi) is 2.98. The van der Waals surface area contributed by atoms with Gasteiger partial charge in [-0.05, 0) is 41.9 Å². The molecule has 2 heteroatoms. The molecule has 0 spiro atoms. The van der Waals surface area contributed by atoms with Crippen LogP contribution in [0.2, 0.25) is 0 Å². The first-order chi connectivity index (χ1) is 4.30. The molecule has 0 aromatic rings. The second-order valence-corrected chi connectivity index (χ2v) is 3.63. The van der Waals surface area contributed by atoms with Crippen LogP contribution in [-0.4, -0.2) is 11.2 Å². The van der Waals surface area contributed by atoms with Gasteiger partial charge < -0.3 is 5.11 Å². The standard InChI is InChI=1S/C7H11IO/c8-6-4-2-1-3-5-7(6)9/h4,7,9H,1-3,5H2/t7-/m0/s1. The zero-order valence-electron chi connectivity index (χ0n) is 5.31. The summed E-state index contributed by atoms with van der Waals surface area (Å²) in [6, 6.07) is 0. The SMILES string of the molecule is O[C@H]1CCCCC=C1I. The Morgan fingerprint density at radius 1 is 1.56 bits per heavy atom.